The van der Waals surface area contributed by atoms with Crippen molar-refractivity contribution in [2.75, 3.05) is 0 Å². The van der Waals surface area contributed by atoms with Gasteiger partial charge in [0.05, 0.1) is 12.6 Å². The van der Waals surface area contributed by atoms with Crippen molar-refractivity contribution < 1.29 is 33.7 Å². The normalized spacial score (nSPS) is 12.2. The maximum atomic E-state index is 9.56. The lowest BCUT2D eigenvalue weighted by Crippen LogP contribution is -3.00. The highest BCUT2D eigenvalue weighted by atomic mass is 127. The van der Waals surface area contributed by atoms with Crippen molar-refractivity contribution in [2.45, 2.75) is 71.6 Å². The maximum Gasteiger partial charge on any atom is 0.243 e. The summed E-state index contributed by atoms with van der Waals surface area (Å²) in [4.78, 5) is 0. The van der Waals surface area contributed by atoms with E-state index in [2.05, 4.69) is 28.6 Å². The van der Waals surface area contributed by atoms with E-state index in [1.54, 1.807) is 0 Å². The van der Waals surface area contributed by atoms with Gasteiger partial charge in [-0.2, -0.15) is 0 Å². The molecule has 4 heteroatoms. The fourth-order valence-electron chi connectivity index (χ4n) is 1.95. The Kier molecular flexibility index (Phi) is 10.7. The average molecular weight is 366 g/mol. The highest BCUT2D eigenvalue weighted by Gasteiger charge is 2.08. The van der Waals surface area contributed by atoms with E-state index < -0.39 is 0 Å². The van der Waals surface area contributed by atoms with Crippen LogP contribution in [0.2, 0.25) is 0 Å². The van der Waals surface area contributed by atoms with Crippen molar-refractivity contribution in [1.29, 1.82) is 0 Å². The molecule has 1 N–H and O–H groups in total. The summed E-state index contributed by atoms with van der Waals surface area (Å²) in [6.07, 6.45) is 13.4. The molecule has 0 aliphatic heterocycles. The van der Waals surface area contributed by atoms with Crippen LogP contribution in [0, 0.1) is 0 Å². The Hall–Kier alpha value is -0.100. The van der Waals surface area contributed by atoms with Crippen LogP contribution in [-0.4, -0.2) is 15.8 Å². The summed E-state index contributed by atoms with van der Waals surface area (Å²) in [7, 11) is 0. The van der Waals surface area contributed by atoms with Crippen molar-refractivity contribution in [2.24, 2.45) is 0 Å². The van der Waals surface area contributed by atoms with Crippen molar-refractivity contribution >= 4 is 0 Å². The van der Waals surface area contributed by atoms with Gasteiger partial charge in [0.15, 0.2) is 0 Å². The fraction of sp³-hybridized carbons (Fsp3) is 0.786. The number of imidazole rings is 1. The Labute approximate surface area is 128 Å². The number of halogens is 1. The number of aliphatic hydroxyl groups is 1. The largest absolute Gasteiger partial charge is 1.00 e. The Morgan fingerprint density at radius 3 is 2.56 bits per heavy atom. The molecule has 0 saturated carbocycles. The third-order valence-electron chi connectivity index (χ3n) is 3.16. The van der Waals surface area contributed by atoms with Crippen LogP contribution >= 0.6 is 0 Å². The van der Waals surface area contributed by atoms with Crippen LogP contribution in [0.15, 0.2) is 18.7 Å². The highest BCUT2D eigenvalue weighted by Crippen LogP contribution is 2.03. The minimum atomic E-state index is -0.222. The number of nitrogens with zero attached hydrogens (tertiary/aromatic N) is 2. The molecule has 3 nitrogen and oxygen atoms in total. The molecule has 1 atom stereocenters. The molecule has 1 aromatic heterocycles. The van der Waals surface area contributed by atoms with Crippen LogP contribution in [0.5, 0.6) is 0 Å². The maximum absolute atomic E-state index is 9.56. The van der Waals surface area contributed by atoms with Gasteiger partial charge in [0.2, 0.25) is 6.33 Å². The number of hydrogen-bond donors (Lipinski definition) is 1. The standard InChI is InChI=1S/C14H27N2O.HI/c1-3-5-6-7-8-9-15-10-11-16(13-15)12-14(17)4-2;/h10-11,13-14,17H,3-9,12H2,1-2H3;1H/q+1;/p-1/t14-;/m0./s1. The Morgan fingerprint density at radius 2 is 1.89 bits per heavy atom. The van der Waals surface area contributed by atoms with E-state index >= 15 is 0 Å². The number of aliphatic hydroxyl groups excluding tert-OH is 1. The minimum absolute atomic E-state index is 0. The zero-order chi connectivity index (χ0) is 12.5. The van der Waals surface area contributed by atoms with Gasteiger partial charge in [0.25, 0.3) is 0 Å². The van der Waals surface area contributed by atoms with E-state index in [-0.39, 0.29) is 30.1 Å². The Bertz CT molecular complexity index is 302. The first-order valence-corrected chi connectivity index (χ1v) is 6.99. The molecule has 0 bridgehead atoms. The number of hydrogen-bond acceptors (Lipinski definition) is 1. The second-order valence-electron chi connectivity index (χ2n) is 4.82. The highest BCUT2D eigenvalue weighted by molar-refractivity contribution is 4.66. The summed E-state index contributed by atoms with van der Waals surface area (Å²) in [5.41, 5.74) is 0. The SMILES string of the molecule is CCCCCCCn1cc[n+](C[C@@H](O)CC)c1.[I-]. The van der Waals surface area contributed by atoms with Gasteiger partial charge >= 0.3 is 0 Å². The van der Waals surface area contributed by atoms with Crippen LogP contribution in [0.25, 0.3) is 0 Å². The summed E-state index contributed by atoms with van der Waals surface area (Å²) in [6, 6.07) is 0. The number of aromatic nitrogens is 2. The second-order valence-corrected chi connectivity index (χ2v) is 4.82. The summed E-state index contributed by atoms with van der Waals surface area (Å²) < 4.78 is 4.29. The molecule has 0 saturated heterocycles. The van der Waals surface area contributed by atoms with E-state index in [9.17, 15) is 5.11 Å². The van der Waals surface area contributed by atoms with Crippen LogP contribution < -0.4 is 28.5 Å². The molecule has 0 amide bonds. The van der Waals surface area contributed by atoms with Gasteiger partial charge in [-0.25, -0.2) is 9.13 Å². The van der Waals surface area contributed by atoms with E-state index in [0.29, 0.717) is 6.54 Å². The predicted octanol–water partition coefficient (Wildman–Crippen LogP) is -0.479. The zero-order valence-electron chi connectivity index (χ0n) is 11.7. The molecule has 106 valence electrons. The van der Waals surface area contributed by atoms with Crippen LogP contribution in [0.1, 0.15) is 52.4 Å². The monoisotopic (exact) mass is 366 g/mol. The van der Waals surface area contributed by atoms with Gasteiger partial charge in [0.1, 0.15) is 18.9 Å². The molecule has 0 spiro atoms. The molecule has 1 aromatic rings. The minimum Gasteiger partial charge on any atom is -1.00 e. The molecular weight excluding hydrogens is 339 g/mol. The molecule has 0 radical (unpaired) electrons. The van der Waals surface area contributed by atoms with Crippen molar-refractivity contribution in [3.8, 4) is 0 Å². The van der Waals surface area contributed by atoms with Gasteiger partial charge in [-0.05, 0) is 19.3 Å². The lowest BCUT2D eigenvalue weighted by molar-refractivity contribution is -0.703. The smallest absolute Gasteiger partial charge is 0.243 e. The topological polar surface area (TPSA) is 29.0 Å². The molecule has 1 rings (SSSR count). The molecule has 0 aliphatic rings. The number of aryl methyl sites for hydroxylation is 1. The van der Waals surface area contributed by atoms with Crippen LogP contribution in [-0.2, 0) is 13.1 Å². The third kappa shape index (κ3) is 7.36. The zero-order valence-corrected chi connectivity index (χ0v) is 13.8. The molecule has 0 aromatic carbocycles. The number of unbranched alkanes of at least 4 members (excludes halogenated alkanes) is 4. The lowest BCUT2D eigenvalue weighted by atomic mass is 10.1. The Morgan fingerprint density at radius 1 is 1.17 bits per heavy atom. The van der Waals surface area contributed by atoms with Gasteiger partial charge in [-0.1, -0.05) is 33.1 Å². The first kappa shape index (κ1) is 17.9. The quantitative estimate of drug-likeness (QED) is 0.357. The van der Waals surface area contributed by atoms with E-state index in [1.165, 1.54) is 32.1 Å². The molecule has 18 heavy (non-hydrogen) atoms. The molecular formula is C14H27IN2O. The summed E-state index contributed by atoms with van der Waals surface area (Å²) in [5.74, 6) is 0. The van der Waals surface area contributed by atoms with Crippen LogP contribution in [0.3, 0.4) is 0 Å². The van der Waals surface area contributed by atoms with Gasteiger partial charge in [-0.3, -0.25) is 0 Å². The average Bonchev–Trinajstić information content (AvgIpc) is 2.76. The fourth-order valence-corrected chi connectivity index (χ4v) is 1.95. The van der Waals surface area contributed by atoms with E-state index in [1.807, 2.05) is 13.1 Å². The van der Waals surface area contributed by atoms with E-state index in [0.717, 1.165) is 13.0 Å². The van der Waals surface area contributed by atoms with Crippen molar-refractivity contribution in [3.05, 3.63) is 18.7 Å². The Balaban J connectivity index is 0.00000289. The molecule has 1 heterocycles. The molecule has 0 unspecified atom stereocenters. The van der Waals surface area contributed by atoms with Gasteiger partial charge in [0, 0.05) is 0 Å². The summed E-state index contributed by atoms with van der Waals surface area (Å²) in [5, 5.41) is 9.56. The first-order valence-electron chi connectivity index (χ1n) is 6.99. The summed E-state index contributed by atoms with van der Waals surface area (Å²) in [6.45, 7) is 6.06. The second kappa shape index (κ2) is 10.8. The van der Waals surface area contributed by atoms with Crippen molar-refractivity contribution in [1.82, 2.24) is 4.57 Å². The molecule has 0 fully saturated rings. The van der Waals surface area contributed by atoms with E-state index in [4.69, 9.17) is 0 Å². The number of rotatable bonds is 9. The van der Waals surface area contributed by atoms with Gasteiger partial charge in [-0.15, -0.1) is 0 Å². The molecule has 0 aliphatic carbocycles. The predicted molar refractivity (Wildman–Crippen MR) is 69.7 cm³/mol. The van der Waals surface area contributed by atoms with Crippen LogP contribution in [0.4, 0.5) is 0 Å². The third-order valence-corrected chi connectivity index (χ3v) is 3.16. The van der Waals surface area contributed by atoms with Gasteiger partial charge < -0.3 is 29.1 Å². The lowest BCUT2D eigenvalue weighted by Gasteiger charge is -2.02. The summed E-state index contributed by atoms with van der Waals surface area (Å²) >= 11 is 0. The first-order chi connectivity index (χ1) is 8.26. The van der Waals surface area contributed by atoms with Crippen molar-refractivity contribution in [3.63, 3.8) is 0 Å².